The molecule has 3 aromatic carbocycles. The number of hydrogen-bond acceptors (Lipinski definition) is 2. The molecule has 1 N–H and O–H groups in total. The lowest BCUT2D eigenvalue weighted by Crippen LogP contribution is -2.13. The SMILES string of the molecule is CC/C(=C(/c1ccccc1)c1ccc(OCNC)cc1)c1ccccc1. The van der Waals surface area contributed by atoms with Crippen molar-refractivity contribution in [1.29, 1.82) is 0 Å². The molecule has 0 saturated carbocycles. The molecule has 3 aromatic rings. The predicted octanol–water partition coefficient (Wildman–Crippen LogP) is 5.61. The van der Waals surface area contributed by atoms with Crippen LogP contribution in [0.15, 0.2) is 84.9 Å². The van der Waals surface area contributed by atoms with Crippen LogP contribution in [-0.4, -0.2) is 13.8 Å². The van der Waals surface area contributed by atoms with Gasteiger partial charge >= 0.3 is 0 Å². The van der Waals surface area contributed by atoms with Gasteiger partial charge in [-0.15, -0.1) is 0 Å². The van der Waals surface area contributed by atoms with E-state index in [1.807, 2.05) is 19.2 Å². The Bertz CT molecular complexity index is 836. The van der Waals surface area contributed by atoms with E-state index in [4.69, 9.17) is 4.74 Å². The van der Waals surface area contributed by atoms with Gasteiger partial charge in [-0.3, -0.25) is 5.32 Å². The van der Waals surface area contributed by atoms with Crippen molar-refractivity contribution < 1.29 is 4.74 Å². The molecule has 0 atom stereocenters. The minimum absolute atomic E-state index is 0.505. The number of benzene rings is 3. The Labute approximate surface area is 156 Å². The van der Waals surface area contributed by atoms with Crippen molar-refractivity contribution in [3.8, 4) is 5.75 Å². The molecule has 0 aliphatic heterocycles. The van der Waals surface area contributed by atoms with Crippen LogP contribution in [0.25, 0.3) is 11.1 Å². The van der Waals surface area contributed by atoms with Crippen molar-refractivity contribution in [3.63, 3.8) is 0 Å². The van der Waals surface area contributed by atoms with Gasteiger partial charge in [-0.25, -0.2) is 0 Å². The molecule has 0 radical (unpaired) electrons. The molecule has 0 bridgehead atoms. The molecule has 2 nitrogen and oxygen atoms in total. The summed E-state index contributed by atoms with van der Waals surface area (Å²) < 4.78 is 5.64. The Hall–Kier alpha value is -2.84. The highest BCUT2D eigenvalue weighted by Crippen LogP contribution is 2.34. The maximum atomic E-state index is 5.64. The molecule has 3 rings (SSSR count). The van der Waals surface area contributed by atoms with Crippen molar-refractivity contribution in [2.45, 2.75) is 13.3 Å². The van der Waals surface area contributed by atoms with Gasteiger partial charge < -0.3 is 4.74 Å². The Morgan fingerprint density at radius 3 is 1.81 bits per heavy atom. The van der Waals surface area contributed by atoms with Gasteiger partial charge in [0.2, 0.25) is 0 Å². The normalized spacial score (nSPS) is 11.8. The summed E-state index contributed by atoms with van der Waals surface area (Å²) in [6.45, 7) is 2.72. The number of rotatable bonds is 7. The van der Waals surface area contributed by atoms with Crippen LogP contribution in [-0.2, 0) is 0 Å². The molecule has 0 amide bonds. The third-order valence-corrected chi connectivity index (χ3v) is 4.37. The molecule has 2 heteroatoms. The van der Waals surface area contributed by atoms with Gasteiger partial charge in [0.25, 0.3) is 0 Å². The monoisotopic (exact) mass is 343 g/mol. The van der Waals surface area contributed by atoms with Gasteiger partial charge in [0, 0.05) is 0 Å². The second-order valence-corrected chi connectivity index (χ2v) is 6.11. The Balaban J connectivity index is 2.11. The maximum Gasteiger partial charge on any atom is 0.139 e. The van der Waals surface area contributed by atoms with Crippen LogP contribution in [0.5, 0.6) is 5.75 Å². The zero-order chi connectivity index (χ0) is 18.2. The summed E-state index contributed by atoms with van der Waals surface area (Å²) in [5, 5.41) is 3.00. The Morgan fingerprint density at radius 1 is 0.731 bits per heavy atom. The third-order valence-electron chi connectivity index (χ3n) is 4.37. The van der Waals surface area contributed by atoms with Crippen LogP contribution >= 0.6 is 0 Å². The van der Waals surface area contributed by atoms with E-state index >= 15 is 0 Å². The first-order valence-corrected chi connectivity index (χ1v) is 9.05. The Morgan fingerprint density at radius 2 is 1.27 bits per heavy atom. The van der Waals surface area contributed by atoms with Gasteiger partial charge in [0.15, 0.2) is 0 Å². The van der Waals surface area contributed by atoms with Crippen molar-refractivity contribution in [2.24, 2.45) is 0 Å². The van der Waals surface area contributed by atoms with Crippen LogP contribution in [0.2, 0.25) is 0 Å². The molecule has 0 spiro atoms. The molecular weight excluding hydrogens is 318 g/mol. The lowest BCUT2D eigenvalue weighted by molar-refractivity contribution is 0.296. The molecule has 26 heavy (non-hydrogen) atoms. The summed E-state index contributed by atoms with van der Waals surface area (Å²) in [5.41, 5.74) is 6.33. The van der Waals surface area contributed by atoms with Gasteiger partial charge in [0.05, 0.1) is 0 Å². The molecular formula is C24H25NO. The molecule has 132 valence electrons. The fourth-order valence-corrected chi connectivity index (χ4v) is 3.16. The van der Waals surface area contributed by atoms with E-state index in [-0.39, 0.29) is 0 Å². The van der Waals surface area contributed by atoms with Crippen molar-refractivity contribution in [1.82, 2.24) is 5.32 Å². The van der Waals surface area contributed by atoms with Crippen LogP contribution < -0.4 is 10.1 Å². The smallest absolute Gasteiger partial charge is 0.139 e. The lowest BCUT2D eigenvalue weighted by Gasteiger charge is -2.16. The first kappa shape index (κ1) is 18.0. The molecule has 0 aromatic heterocycles. The van der Waals surface area contributed by atoms with Crippen molar-refractivity contribution in [3.05, 3.63) is 102 Å². The first-order chi connectivity index (χ1) is 12.8. The number of ether oxygens (including phenoxy) is 1. The van der Waals surface area contributed by atoms with Gasteiger partial charge in [-0.05, 0) is 53.4 Å². The Kier molecular flexibility index (Phi) is 6.24. The second-order valence-electron chi connectivity index (χ2n) is 6.11. The van der Waals surface area contributed by atoms with Gasteiger partial charge in [-0.2, -0.15) is 0 Å². The first-order valence-electron chi connectivity index (χ1n) is 9.05. The number of nitrogens with one attached hydrogen (secondary N) is 1. The molecule has 0 aliphatic rings. The average Bonchev–Trinajstić information content (AvgIpc) is 2.72. The van der Waals surface area contributed by atoms with E-state index in [2.05, 4.69) is 85.0 Å². The minimum atomic E-state index is 0.505. The topological polar surface area (TPSA) is 21.3 Å². The summed E-state index contributed by atoms with van der Waals surface area (Å²) in [4.78, 5) is 0. The van der Waals surface area contributed by atoms with Gasteiger partial charge in [-0.1, -0.05) is 79.7 Å². The number of hydrogen-bond donors (Lipinski definition) is 1. The van der Waals surface area contributed by atoms with E-state index in [0.29, 0.717) is 6.73 Å². The largest absolute Gasteiger partial charge is 0.478 e. The molecule has 0 fully saturated rings. The van der Waals surface area contributed by atoms with E-state index < -0.39 is 0 Å². The quantitative estimate of drug-likeness (QED) is 0.444. The third kappa shape index (κ3) is 4.22. The maximum absolute atomic E-state index is 5.64. The average molecular weight is 343 g/mol. The highest BCUT2D eigenvalue weighted by Gasteiger charge is 2.12. The van der Waals surface area contributed by atoms with E-state index in [1.165, 1.54) is 27.8 Å². The number of allylic oxidation sites excluding steroid dienone is 1. The fraction of sp³-hybridized carbons (Fsp3) is 0.167. The van der Waals surface area contributed by atoms with E-state index in [0.717, 1.165) is 12.2 Å². The minimum Gasteiger partial charge on any atom is -0.478 e. The van der Waals surface area contributed by atoms with Crippen molar-refractivity contribution in [2.75, 3.05) is 13.8 Å². The van der Waals surface area contributed by atoms with Gasteiger partial charge in [0.1, 0.15) is 12.5 Å². The molecule has 0 aliphatic carbocycles. The zero-order valence-electron chi connectivity index (χ0n) is 15.4. The molecule has 0 heterocycles. The van der Waals surface area contributed by atoms with Crippen LogP contribution in [0.3, 0.4) is 0 Å². The van der Waals surface area contributed by atoms with E-state index in [1.54, 1.807) is 0 Å². The highest BCUT2D eigenvalue weighted by atomic mass is 16.5. The zero-order valence-corrected chi connectivity index (χ0v) is 15.4. The van der Waals surface area contributed by atoms with E-state index in [9.17, 15) is 0 Å². The molecule has 0 unspecified atom stereocenters. The highest BCUT2D eigenvalue weighted by molar-refractivity contribution is 5.98. The standard InChI is InChI=1S/C24H25NO/c1-3-23(19-10-6-4-7-11-19)24(20-12-8-5-9-13-20)21-14-16-22(17-15-21)26-18-25-2/h4-17,25H,3,18H2,1-2H3/b24-23+. The lowest BCUT2D eigenvalue weighted by atomic mass is 9.88. The van der Waals surface area contributed by atoms with Crippen LogP contribution in [0, 0.1) is 0 Å². The summed E-state index contributed by atoms with van der Waals surface area (Å²) in [6.07, 6.45) is 0.965. The predicted molar refractivity (Wildman–Crippen MR) is 110 cm³/mol. The van der Waals surface area contributed by atoms with Crippen LogP contribution in [0.4, 0.5) is 0 Å². The second kappa shape index (κ2) is 9.02. The molecule has 0 saturated heterocycles. The van der Waals surface area contributed by atoms with Crippen molar-refractivity contribution >= 4 is 11.1 Å². The summed E-state index contributed by atoms with van der Waals surface area (Å²) in [7, 11) is 1.87. The summed E-state index contributed by atoms with van der Waals surface area (Å²) in [6, 6.07) is 29.6. The summed E-state index contributed by atoms with van der Waals surface area (Å²) >= 11 is 0. The fourth-order valence-electron chi connectivity index (χ4n) is 3.16. The van der Waals surface area contributed by atoms with Crippen LogP contribution in [0.1, 0.15) is 30.0 Å². The summed E-state index contributed by atoms with van der Waals surface area (Å²) in [5.74, 6) is 0.869.